The summed E-state index contributed by atoms with van der Waals surface area (Å²) in [7, 11) is -4.48. The summed E-state index contributed by atoms with van der Waals surface area (Å²) in [6.07, 6.45) is -0.944. The second-order valence-corrected chi connectivity index (χ2v) is 5.33. The van der Waals surface area contributed by atoms with Crippen molar-refractivity contribution < 1.29 is 22.3 Å². The molecule has 9 heteroatoms. The molecule has 0 aliphatic heterocycles. The van der Waals surface area contributed by atoms with E-state index in [1.54, 1.807) is 6.07 Å². The monoisotopic (exact) mass is 288 g/mol. The van der Waals surface area contributed by atoms with E-state index in [2.05, 4.69) is 4.18 Å². The van der Waals surface area contributed by atoms with Gasteiger partial charge in [-0.15, -0.1) is 0 Å². The molecule has 2 N–H and O–H groups in total. The number of carbonyl (C=O) groups is 1. The number of nitrogens with zero attached hydrogens (tertiary/aromatic N) is 1. The van der Waals surface area contributed by atoms with E-state index < -0.39 is 39.2 Å². The molecule has 104 valence electrons. The Morgan fingerprint density at radius 3 is 2.42 bits per heavy atom. The number of para-hydroxylation sites is 1. The summed E-state index contributed by atoms with van der Waals surface area (Å²) in [4.78, 5) is 20.3. The Hall–Kier alpha value is -2.16. The Labute approximate surface area is 109 Å². The third-order valence-electron chi connectivity index (χ3n) is 2.16. The number of nitro groups is 1. The number of rotatable bonds is 7. The molecule has 0 saturated carbocycles. The predicted molar refractivity (Wildman–Crippen MR) is 65.2 cm³/mol. The Morgan fingerprint density at radius 1 is 1.37 bits per heavy atom. The fraction of sp³-hybridized carbons (Fsp3) is 0.300. The van der Waals surface area contributed by atoms with E-state index in [9.17, 15) is 23.3 Å². The van der Waals surface area contributed by atoms with Crippen LogP contribution in [0.2, 0.25) is 0 Å². The molecule has 8 nitrogen and oxygen atoms in total. The number of hydrogen-bond acceptors (Lipinski definition) is 6. The van der Waals surface area contributed by atoms with Crippen molar-refractivity contribution in [2.45, 2.75) is 18.2 Å². The minimum Gasteiger partial charge on any atom is -0.378 e. The minimum absolute atomic E-state index is 0.0339. The fourth-order valence-corrected chi connectivity index (χ4v) is 2.39. The van der Waals surface area contributed by atoms with Gasteiger partial charge in [-0.3, -0.25) is 14.9 Å². The van der Waals surface area contributed by atoms with Crippen LogP contribution in [0.5, 0.6) is 5.75 Å². The maximum absolute atomic E-state index is 11.7. The van der Waals surface area contributed by atoms with Crippen molar-refractivity contribution in [1.29, 1.82) is 0 Å². The molecule has 19 heavy (non-hydrogen) atoms. The lowest BCUT2D eigenvalue weighted by atomic mass is 10.3. The predicted octanol–water partition coefficient (Wildman–Crippen LogP) is 0.263. The Morgan fingerprint density at radius 2 is 1.95 bits per heavy atom. The lowest BCUT2D eigenvalue weighted by molar-refractivity contribution is -0.498. The van der Waals surface area contributed by atoms with Gasteiger partial charge in [0.25, 0.3) is 0 Å². The molecular weight excluding hydrogens is 276 g/mol. The molecule has 0 aliphatic carbocycles. The standard InChI is InChI=1S/C10H12N2O6S/c11-9(13)6-7-10(12(14)15)19(16,17)18-8-4-2-1-3-5-8/h1-5,10H,6-7H2,(H2,11,13). The number of hydrogen-bond donors (Lipinski definition) is 1. The lowest BCUT2D eigenvalue weighted by Gasteiger charge is -2.10. The summed E-state index contributed by atoms with van der Waals surface area (Å²) < 4.78 is 28.1. The van der Waals surface area contributed by atoms with Crippen LogP contribution in [0, 0.1) is 10.1 Å². The summed E-state index contributed by atoms with van der Waals surface area (Å²) in [5.41, 5.74) is 4.84. The first-order valence-corrected chi connectivity index (χ1v) is 6.70. The number of primary amides is 1. The Bertz CT molecular complexity index is 557. The van der Waals surface area contributed by atoms with Crippen LogP contribution in [0.4, 0.5) is 0 Å². The van der Waals surface area contributed by atoms with Crippen LogP contribution in [0.25, 0.3) is 0 Å². The quantitative estimate of drug-likeness (QED) is 0.435. The molecule has 1 unspecified atom stereocenters. The number of nitrogens with two attached hydrogens (primary N) is 1. The van der Waals surface area contributed by atoms with E-state index >= 15 is 0 Å². The minimum atomic E-state index is -4.48. The molecule has 0 radical (unpaired) electrons. The number of carbonyl (C=O) groups excluding carboxylic acids is 1. The topological polar surface area (TPSA) is 130 Å². The molecule has 1 amide bonds. The van der Waals surface area contributed by atoms with Gasteiger partial charge in [-0.2, -0.15) is 8.42 Å². The third kappa shape index (κ3) is 4.54. The van der Waals surface area contributed by atoms with Gasteiger partial charge in [0.1, 0.15) is 5.75 Å². The van der Waals surface area contributed by atoms with Crippen molar-refractivity contribution in [3.63, 3.8) is 0 Å². The van der Waals surface area contributed by atoms with Gasteiger partial charge in [0.2, 0.25) is 5.91 Å². The van der Waals surface area contributed by atoms with Gasteiger partial charge < -0.3 is 9.92 Å². The normalized spacial score (nSPS) is 12.6. The SMILES string of the molecule is NC(=O)CCC([N+](=O)[O-])S(=O)(=O)Oc1ccccc1. The van der Waals surface area contributed by atoms with Crippen LogP contribution >= 0.6 is 0 Å². The lowest BCUT2D eigenvalue weighted by Crippen LogP contribution is -2.34. The first kappa shape index (κ1) is 14.9. The van der Waals surface area contributed by atoms with Crippen LogP contribution in [0.15, 0.2) is 30.3 Å². The van der Waals surface area contributed by atoms with Gasteiger partial charge in [-0.1, -0.05) is 18.2 Å². The van der Waals surface area contributed by atoms with Crippen molar-refractivity contribution >= 4 is 16.0 Å². The van der Waals surface area contributed by atoms with Gasteiger partial charge in [-0.25, -0.2) is 0 Å². The van der Waals surface area contributed by atoms with E-state index in [4.69, 9.17) is 5.73 Å². The first-order chi connectivity index (χ1) is 8.83. The van der Waals surface area contributed by atoms with Gasteiger partial charge in [-0.05, 0) is 12.1 Å². The number of amides is 1. The van der Waals surface area contributed by atoms with Crippen molar-refractivity contribution in [3.8, 4) is 5.75 Å². The molecule has 1 aromatic carbocycles. The van der Waals surface area contributed by atoms with E-state index in [0.29, 0.717) is 0 Å². The summed E-state index contributed by atoms with van der Waals surface area (Å²) >= 11 is 0. The van der Waals surface area contributed by atoms with Gasteiger partial charge in [0, 0.05) is 17.8 Å². The molecular formula is C10H12N2O6S. The largest absolute Gasteiger partial charge is 0.379 e. The summed E-state index contributed by atoms with van der Waals surface area (Å²) in [6.45, 7) is 0. The molecule has 0 aliphatic rings. The molecule has 1 aromatic rings. The molecule has 0 fully saturated rings. The van der Waals surface area contributed by atoms with E-state index in [0.717, 1.165) is 0 Å². The maximum Gasteiger partial charge on any atom is 0.379 e. The Kier molecular flexibility index (Phi) is 4.81. The van der Waals surface area contributed by atoms with Gasteiger partial charge in [0.05, 0.1) is 0 Å². The zero-order valence-electron chi connectivity index (χ0n) is 9.76. The van der Waals surface area contributed by atoms with Crippen molar-refractivity contribution in [2.24, 2.45) is 5.73 Å². The summed E-state index contributed by atoms with van der Waals surface area (Å²) in [5.74, 6) is -0.852. The summed E-state index contributed by atoms with van der Waals surface area (Å²) in [5, 5.41) is 8.72. The average Bonchev–Trinajstić information content (AvgIpc) is 2.28. The molecule has 0 saturated heterocycles. The molecule has 0 aromatic heterocycles. The zero-order chi connectivity index (χ0) is 14.5. The Balaban J connectivity index is 2.88. The highest BCUT2D eigenvalue weighted by atomic mass is 32.2. The number of benzene rings is 1. The summed E-state index contributed by atoms with van der Waals surface area (Å²) in [6, 6.07) is 7.38. The fourth-order valence-electron chi connectivity index (χ4n) is 1.29. The highest BCUT2D eigenvalue weighted by molar-refractivity contribution is 7.87. The molecule has 0 spiro atoms. The second-order valence-electron chi connectivity index (χ2n) is 3.63. The van der Waals surface area contributed by atoms with Crippen molar-refractivity contribution in [3.05, 3.63) is 40.4 Å². The van der Waals surface area contributed by atoms with E-state index in [-0.39, 0.29) is 5.75 Å². The highest BCUT2D eigenvalue weighted by Gasteiger charge is 2.38. The van der Waals surface area contributed by atoms with Crippen LogP contribution in [0.1, 0.15) is 12.8 Å². The van der Waals surface area contributed by atoms with Crippen LogP contribution in [-0.2, 0) is 14.9 Å². The van der Waals surface area contributed by atoms with E-state index in [1.807, 2.05) is 0 Å². The average molecular weight is 288 g/mol. The van der Waals surface area contributed by atoms with Gasteiger partial charge in [0.15, 0.2) is 0 Å². The first-order valence-electron chi connectivity index (χ1n) is 5.23. The van der Waals surface area contributed by atoms with Crippen molar-refractivity contribution in [1.82, 2.24) is 0 Å². The molecule has 0 heterocycles. The highest BCUT2D eigenvalue weighted by Crippen LogP contribution is 2.17. The van der Waals surface area contributed by atoms with Crippen LogP contribution < -0.4 is 9.92 Å². The van der Waals surface area contributed by atoms with Gasteiger partial charge >= 0.3 is 15.5 Å². The van der Waals surface area contributed by atoms with Crippen LogP contribution in [0.3, 0.4) is 0 Å². The van der Waals surface area contributed by atoms with E-state index in [1.165, 1.54) is 24.3 Å². The maximum atomic E-state index is 11.7. The smallest absolute Gasteiger partial charge is 0.378 e. The second kappa shape index (κ2) is 6.14. The van der Waals surface area contributed by atoms with Crippen molar-refractivity contribution in [2.75, 3.05) is 0 Å². The molecule has 0 bridgehead atoms. The molecule has 1 atom stereocenters. The third-order valence-corrected chi connectivity index (χ3v) is 3.66. The van der Waals surface area contributed by atoms with Crippen LogP contribution in [-0.4, -0.2) is 24.6 Å². The molecule has 1 rings (SSSR count). The zero-order valence-corrected chi connectivity index (χ0v) is 10.6.